The maximum atomic E-state index is 13.0. The van der Waals surface area contributed by atoms with Crippen LogP contribution in [-0.4, -0.2) is 72.6 Å². The van der Waals surface area contributed by atoms with Crippen molar-refractivity contribution in [3.8, 4) is 5.75 Å². The third-order valence-corrected chi connectivity index (χ3v) is 7.21. The summed E-state index contributed by atoms with van der Waals surface area (Å²) in [5.41, 5.74) is 1.87. The molecule has 2 atom stereocenters. The Morgan fingerprint density at radius 3 is 2.69 bits per heavy atom. The number of aromatic nitrogens is 1. The van der Waals surface area contributed by atoms with Gasteiger partial charge < -0.3 is 24.4 Å². The van der Waals surface area contributed by atoms with Gasteiger partial charge in [-0.15, -0.1) is 0 Å². The minimum absolute atomic E-state index is 0.115. The number of anilines is 2. The summed E-state index contributed by atoms with van der Waals surface area (Å²) in [6, 6.07) is 4.12. The number of amides is 2. The highest BCUT2D eigenvalue weighted by molar-refractivity contribution is 7.23. The molecule has 1 aromatic carbocycles. The third kappa shape index (κ3) is 3.41. The Morgan fingerprint density at radius 1 is 1.28 bits per heavy atom. The Bertz CT molecular complexity index is 899. The molecule has 9 heteroatoms. The van der Waals surface area contributed by atoms with E-state index in [0.717, 1.165) is 41.8 Å². The zero-order chi connectivity index (χ0) is 20.0. The van der Waals surface area contributed by atoms with E-state index in [0.29, 0.717) is 36.9 Å². The van der Waals surface area contributed by atoms with Gasteiger partial charge in [-0.3, -0.25) is 5.32 Å². The molecule has 2 amide bonds. The minimum Gasteiger partial charge on any atom is -0.494 e. The van der Waals surface area contributed by atoms with E-state index in [4.69, 9.17) is 9.47 Å². The van der Waals surface area contributed by atoms with Gasteiger partial charge in [0.25, 0.3) is 0 Å². The number of fused-ring (bicyclic) bond motifs is 3. The van der Waals surface area contributed by atoms with Crippen LogP contribution in [0.25, 0.3) is 10.2 Å². The molecule has 3 aliphatic rings. The van der Waals surface area contributed by atoms with Gasteiger partial charge in [-0.1, -0.05) is 11.3 Å². The lowest BCUT2D eigenvalue weighted by molar-refractivity contribution is 0.0580. The summed E-state index contributed by atoms with van der Waals surface area (Å²) < 4.78 is 12.0. The van der Waals surface area contributed by atoms with Crippen molar-refractivity contribution in [1.82, 2.24) is 9.88 Å². The van der Waals surface area contributed by atoms with E-state index in [1.807, 2.05) is 11.0 Å². The van der Waals surface area contributed by atoms with E-state index in [-0.39, 0.29) is 24.2 Å². The fourth-order valence-electron chi connectivity index (χ4n) is 4.88. The van der Waals surface area contributed by atoms with Crippen molar-refractivity contribution < 1.29 is 19.4 Å². The second-order valence-electron chi connectivity index (χ2n) is 7.93. The summed E-state index contributed by atoms with van der Waals surface area (Å²) in [4.78, 5) is 21.9. The first-order chi connectivity index (χ1) is 14.1. The molecule has 29 heavy (non-hydrogen) atoms. The Balaban J connectivity index is 1.42. The molecule has 2 unspecified atom stereocenters. The van der Waals surface area contributed by atoms with Crippen molar-refractivity contribution in [3.63, 3.8) is 0 Å². The normalized spacial score (nSPS) is 26.8. The van der Waals surface area contributed by atoms with Crippen molar-refractivity contribution in [2.24, 2.45) is 0 Å². The molecule has 0 spiro atoms. The summed E-state index contributed by atoms with van der Waals surface area (Å²) in [7, 11) is 1.64. The molecular formula is C20H26N4O4S. The van der Waals surface area contributed by atoms with Crippen LogP contribution in [0.15, 0.2) is 12.1 Å². The molecule has 2 bridgehead atoms. The van der Waals surface area contributed by atoms with Crippen LogP contribution < -0.4 is 15.0 Å². The second kappa shape index (κ2) is 7.62. The van der Waals surface area contributed by atoms with E-state index in [1.165, 1.54) is 11.3 Å². The molecular weight excluding hydrogens is 392 g/mol. The zero-order valence-electron chi connectivity index (χ0n) is 16.5. The molecule has 8 nitrogen and oxygen atoms in total. The van der Waals surface area contributed by atoms with Crippen molar-refractivity contribution in [2.75, 3.05) is 43.6 Å². The number of aliphatic hydroxyl groups excluding tert-OH is 1. The second-order valence-corrected chi connectivity index (χ2v) is 8.93. The highest BCUT2D eigenvalue weighted by Crippen LogP contribution is 2.41. The Kier molecular flexibility index (Phi) is 4.97. The minimum atomic E-state index is -0.292. The quantitative estimate of drug-likeness (QED) is 0.797. The van der Waals surface area contributed by atoms with Gasteiger partial charge >= 0.3 is 6.03 Å². The summed E-state index contributed by atoms with van der Waals surface area (Å²) >= 11 is 1.48. The highest BCUT2D eigenvalue weighted by Gasteiger charge is 2.43. The van der Waals surface area contributed by atoms with E-state index in [2.05, 4.69) is 21.3 Å². The van der Waals surface area contributed by atoms with Gasteiger partial charge in [0.05, 0.1) is 36.8 Å². The number of hydrogen-bond donors (Lipinski definition) is 2. The van der Waals surface area contributed by atoms with Crippen molar-refractivity contribution in [3.05, 3.63) is 12.1 Å². The number of aliphatic hydroxyl groups is 1. The number of thiazole rings is 1. The van der Waals surface area contributed by atoms with Gasteiger partial charge in [-0.25, -0.2) is 9.78 Å². The number of nitrogens with one attached hydrogen (secondary N) is 1. The molecule has 5 rings (SSSR count). The molecule has 4 heterocycles. The lowest BCUT2D eigenvalue weighted by Gasteiger charge is -2.36. The smallest absolute Gasteiger partial charge is 0.324 e. The zero-order valence-corrected chi connectivity index (χ0v) is 17.3. The van der Waals surface area contributed by atoms with Crippen LogP contribution in [0.3, 0.4) is 0 Å². The first-order valence-electron chi connectivity index (χ1n) is 10.2. The lowest BCUT2D eigenvalue weighted by Crippen LogP contribution is -2.49. The Hall–Kier alpha value is -2.10. The van der Waals surface area contributed by atoms with Crippen molar-refractivity contribution >= 4 is 38.4 Å². The van der Waals surface area contributed by atoms with Crippen LogP contribution in [0.1, 0.15) is 25.7 Å². The molecule has 0 radical (unpaired) electrons. The lowest BCUT2D eigenvalue weighted by atomic mass is 10.0. The van der Waals surface area contributed by atoms with Gasteiger partial charge in [0, 0.05) is 25.2 Å². The molecule has 2 aromatic rings. The molecule has 2 N–H and O–H groups in total. The fourth-order valence-corrected chi connectivity index (χ4v) is 5.89. The summed E-state index contributed by atoms with van der Waals surface area (Å²) in [6.07, 6.45) is 2.96. The number of urea groups is 1. The standard InChI is InChI=1S/C20H26N4O4S/c1-27-16-5-4-15(23-6-8-28-9-7-23)18-17(16)21-19(29-18)22-20(26)24-12-2-3-13(24)11-14(25)10-12/h4-5,12-14,25H,2-3,6-11H2,1H3,(H,21,22,26). The Labute approximate surface area is 173 Å². The average Bonchev–Trinajstić information content (AvgIpc) is 3.26. The number of piperidine rings is 1. The SMILES string of the molecule is COc1ccc(N2CCOCC2)c2sc(NC(=O)N3C4CCC3CC(O)C4)nc12. The molecule has 0 aliphatic carbocycles. The van der Waals surface area contributed by atoms with E-state index >= 15 is 0 Å². The number of methoxy groups -OCH3 is 1. The van der Waals surface area contributed by atoms with Crippen LogP contribution in [0.2, 0.25) is 0 Å². The van der Waals surface area contributed by atoms with Crippen LogP contribution in [0.4, 0.5) is 15.6 Å². The van der Waals surface area contributed by atoms with E-state index in [9.17, 15) is 9.90 Å². The van der Waals surface area contributed by atoms with Crippen molar-refractivity contribution in [1.29, 1.82) is 0 Å². The summed E-state index contributed by atoms with van der Waals surface area (Å²) in [6.45, 7) is 3.08. The predicted molar refractivity (Wildman–Crippen MR) is 112 cm³/mol. The fraction of sp³-hybridized carbons (Fsp3) is 0.600. The maximum absolute atomic E-state index is 13.0. The number of rotatable bonds is 3. The number of nitrogens with zero attached hydrogens (tertiary/aromatic N) is 3. The van der Waals surface area contributed by atoms with Crippen LogP contribution in [0.5, 0.6) is 5.75 Å². The average molecular weight is 419 g/mol. The summed E-state index contributed by atoms with van der Waals surface area (Å²) in [5, 5.41) is 13.6. The molecule has 3 fully saturated rings. The van der Waals surface area contributed by atoms with E-state index in [1.54, 1.807) is 7.11 Å². The van der Waals surface area contributed by atoms with Crippen LogP contribution in [-0.2, 0) is 4.74 Å². The number of ether oxygens (including phenoxy) is 2. The number of carbonyl (C=O) groups excluding carboxylic acids is 1. The van der Waals surface area contributed by atoms with Crippen LogP contribution >= 0.6 is 11.3 Å². The largest absolute Gasteiger partial charge is 0.494 e. The number of morpholine rings is 1. The van der Waals surface area contributed by atoms with E-state index < -0.39 is 0 Å². The Morgan fingerprint density at radius 2 is 2.00 bits per heavy atom. The molecule has 156 valence electrons. The number of hydrogen-bond acceptors (Lipinski definition) is 7. The molecule has 3 aliphatic heterocycles. The monoisotopic (exact) mass is 418 g/mol. The number of carbonyl (C=O) groups is 1. The van der Waals surface area contributed by atoms with Gasteiger partial charge in [-0.05, 0) is 37.8 Å². The first kappa shape index (κ1) is 18.9. The maximum Gasteiger partial charge on any atom is 0.324 e. The van der Waals surface area contributed by atoms with Gasteiger partial charge in [0.2, 0.25) is 0 Å². The summed E-state index contributed by atoms with van der Waals surface area (Å²) in [5.74, 6) is 0.704. The predicted octanol–water partition coefficient (Wildman–Crippen LogP) is 2.66. The first-order valence-corrected chi connectivity index (χ1v) is 11.0. The van der Waals surface area contributed by atoms with Crippen molar-refractivity contribution in [2.45, 2.75) is 43.9 Å². The van der Waals surface area contributed by atoms with Gasteiger partial charge in [-0.2, -0.15) is 0 Å². The molecule has 1 aromatic heterocycles. The molecule has 0 saturated carbocycles. The third-order valence-electron chi connectivity index (χ3n) is 6.21. The molecule has 3 saturated heterocycles. The highest BCUT2D eigenvalue weighted by atomic mass is 32.1. The topological polar surface area (TPSA) is 87.2 Å². The van der Waals surface area contributed by atoms with Gasteiger partial charge in [0.1, 0.15) is 11.3 Å². The van der Waals surface area contributed by atoms with Gasteiger partial charge in [0.15, 0.2) is 5.13 Å². The number of benzene rings is 1. The van der Waals surface area contributed by atoms with Crippen LogP contribution in [0, 0.1) is 0 Å².